The Labute approximate surface area is 559 Å². The van der Waals surface area contributed by atoms with E-state index in [9.17, 15) is 74.4 Å². The van der Waals surface area contributed by atoms with Crippen LogP contribution in [-0.2, 0) is 65.0 Å². The molecule has 96 heavy (non-hydrogen) atoms. The fourth-order valence-corrected chi connectivity index (χ4v) is 12.1. The van der Waals surface area contributed by atoms with E-state index >= 15 is 4.79 Å². The number of nitrogens with two attached hydrogens (primary N) is 5. The topological polar surface area (TPSA) is 627 Å². The van der Waals surface area contributed by atoms with Crippen LogP contribution >= 0.6 is 22.7 Å². The number of primary amides is 3. The van der Waals surface area contributed by atoms with Crippen LogP contribution < -0.4 is 60.6 Å². The van der Waals surface area contributed by atoms with E-state index in [1.807, 2.05) is 0 Å². The normalized spacial score (nSPS) is 24.0. The number of thiazole rings is 2. The van der Waals surface area contributed by atoms with Crippen LogP contribution in [-0.4, -0.2) is 267 Å². The highest BCUT2D eigenvalue weighted by Gasteiger charge is 2.54. The number of nitrogen functional groups attached to an aromatic ring is 1. The highest BCUT2D eigenvalue weighted by molar-refractivity contribution is 7.95. The largest absolute Gasteiger partial charge is 0.441 e. The smallest absolute Gasteiger partial charge is 0.404 e. The van der Waals surface area contributed by atoms with Crippen LogP contribution in [0, 0.1) is 12.8 Å². The molecule has 0 bridgehead atoms. The molecule has 4 aromatic heterocycles. The number of rotatable bonds is 35. The summed E-state index contributed by atoms with van der Waals surface area (Å²) in [7, 11) is 0.254. The minimum Gasteiger partial charge on any atom is -0.441 e. The number of carbonyl (C=O) groups is 8. The van der Waals surface area contributed by atoms with Gasteiger partial charge < -0.3 is 130 Å². The molecule has 41 heteroatoms. The van der Waals surface area contributed by atoms with Crippen molar-refractivity contribution in [1.29, 1.82) is 0 Å². The maximum atomic E-state index is 15.2. The van der Waals surface area contributed by atoms with Crippen molar-refractivity contribution in [3.63, 3.8) is 0 Å². The average Bonchev–Trinajstić information content (AvgIpc) is 0.885. The van der Waals surface area contributed by atoms with Crippen molar-refractivity contribution in [2.75, 3.05) is 56.8 Å². The zero-order valence-electron chi connectivity index (χ0n) is 52.9. The van der Waals surface area contributed by atoms with Crippen molar-refractivity contribution in [1.82, 2.24) is 61.8 Å². The van der Waals surface area contributed by atoms with Crippen molar-refractivity contribution in [3.05, 3.63) is 56.8 Å². The maximum absolute atomic E-state index is 15.2. The third-order valence-electron chi connectivity index (χ3n) is 15.3. The summed E-state index contributed by atoms with van der Waals surface area (Å²) in [6.07, 6.45) is -20.0. The third kappa shape index (κ3) is 20.6. The fraction of sp³-hybridized carbons (Fsp3) is 0.618. The number of aromatic nitrogens is 6. The van der Waals surface area contributed by atoms with Crippen LogP contribution in [0.5, 0.6) is 0 Å². The summed E-state index contributed by atoms with van der Waals surface area (Å²) >= 11 is 2.52. The lowest BCUT2D eigenvalue weighted by Gasteiger charge is -2.47. The van der Waals surface area contributed by atoms with Gasteiger partial charge in [-0.15, -0.1) is 22.7 Å². The molecule has 19 atom stereocenters. The van der Waals surface area contributed by atoms with Crippen molar-refractivity contribution in [2.45, 2.75) is 157 Å². The summed E-state index contributed by atoms with van der Waals surface area (Å²) in [6.45, 7) is 3.18. The van der Waals surface area contributed by atoms with Crippen LogP contribution in [0.1, 0.15) is 88.8 Å². The second-order valence-electron chi connectivity index (χ2n) is 22.8. The molecular weight excluding hydrogens is 1330 g/mol. The first-order valence-electron chi connectivity index (χ1n) is 29.8. The zero-order chi connectivity index (χ0) is 71.0. The Kier molecular flexibility index (Phi) is 29.0. The summed E-state index contributed by atoms with van der Waals surface area (Å²) in [4.78, 5) is 131. The van der Waals surface area contributed by atoms with Gasteiger partial charge in [0, 0.05) is 55.2 Å². The lowest BCUT2D eigenvalue weighted by Crippen LogP contribution is -2.65. The van der Waals surface area contributed by atoms with E-state index in [2.05, 4.69) is 74.3 Å². The van der Waals surface area contributed by atoms with Gasteiger partial charge in [-0.25, -0.2) is 29.7 Å². The molecule has 2 aliphatic rings. The molecule has 38 nitrogen and oxygen atoms in total. The molecule has 4 aromatic rings. The Morgan fingerprint density at radius 2 is 1.47 bits per heavy atom. The lowest BCUT2D eigenvalue weighted by atomic mass is 9.96. The fourth-order valence-electron chi connectivity index (χ4n) is 9.80. The molecule has 0 radical (unpaired) electrons. The molecule has 2 aliphatic heterocycles. The van der Waals surface area contributed by atoms with Crippen molar-refractivity contribution >= 4 is 86.8 Å². The summed E-state index contributed by atoms with van der Waals surface area (Å²) in [6, 6.07) is -7.85. The van der Waals surface area contributed by atoms with Crippen molar-refractivity contribution in [3.8, 4) is 10.7 Å². The Morgan fingerprint density at radius 1 is 0.781 bits per heavy atom. The van der Waals surface area contributed by atoms with Gasteiger partial charge in [0.15, 0.2) is 18.7 Å². The molecule has 3 unspecified atom stereocenters. The van der Waals surface area contributed by atoms with Crippen LogP contribution in [0.25, 0.3) is 10.7 Å². The number of imidazole rings is 1. The molecule has 0 aromatic carbocycles. The third-order valence-corrected chi connectivity index (χ3v) is 18.2. The van der Waals surface area contributed by atoms with Crippen LogP contribution in [0.4, 0.5) is 10.6 Å². The maximum Gasteiger partial charge on any atom is 0.404 e. The average molecular weight is 1420 g/mol. The van der Waals surface area contributed by atoms with Gasteiger partial charge in [-0.3, -0.25) is 33.6 Å². The number of nitrogens with one attached hydrogen (secondary N) is 7. The highest BCUT2D eigenvalue weighted by Crippen LogP contribution is 2.35. The van der Waals surface area contributed by atoms with E-state index in [0.29, 0.717) is 22.3 Å². The number of hydrogen-bond acceptors (Lipinski definition) is 31. The van der Waals surface area contributed by atoms with Gasteiger partial charge in [0.25, 0.3) is 11.8 Å². The second-order valence-corrected chi connectivity index (χ2v) is 27.0. The predicted molar refractivity (Wildman–Crippen MR) is 339 cm³/mol. The molecule has 2 fully saturated rings. The Hall–Kier alpha value is -7.30. The summed E-state index contributed by atoms with van der Waals surface area (Å²) in [5.74, 6) is -7.69. The second kappa shape index (κ2) is 35.8. The minimum atomic E-state index is -2.20. The molecule has 6 rings (SSSR count). The molecule has 532 valence electrons. The van der Waals surface area contributed by atoms with Crippen LogP contribution in [0.3, 0.4) is 0 Å². The van der Waals surface area contributed by atoms with Gasteiger partial charge in [-0.05, 0) is 31.7 Å². The molecule has 6 heterocycles. The van der Waals surface area contributed by atoms with E-state index in [-0.39, 0.29) is 64.9 Å². The standard InChI is InChI=1S/C55H83N17O21S3/c1-20-33(69-46(72-44(20)58)25(12-31(57)76)64-13-24(56)45(59)82)50(86)71-35(41(26-14-61-19-65-26)91-54-43(39(80)37(78)29(15-73)90-54)92-53-40(81)42(93-55(60)88)38(79)30(16-74)89-53)51(87)66-22(3)36(77)21(2)47(83)70-34(23(4)75)49(85)63-10-8-32-67-28(18-94-32)52-68-27(17-95-52)48(84)62-9-7-11-96(5)6/h14,17-19,21-25,29-30,34-43,53-54,64,73-75,77-81H,7-13,15-16,56H2,1-6H3,(H13-,57,58,59,60,61,62,63,65,66,69,70,71,72,76,82,83,84,85,86,87,88)/p+1/t21-,22?,23+,24?,25-,29-,30+,34-,35-,36?,37+,38+,39-,40-,41-,42-,43-,53+,54-/m0/s1. The van der Waals surface area contributed by atoms with E-state index < -0.39 is 183 Å². The Balaban J connectivity index is 1.26. The Bertz CT molecular complexity index is 3280. The molecule has 2 saturated heterocycles. The number of carbonyl (C=O) groups excluding carboxylic acids is 8. The van der Waals surface area contributed by atoms with Gasteiger partial charge >= 0.3 is 6.09 Å². The number of amides is 8. The van der Waals surface area contributed by atoms with Gasteiger partial charge in [0.2, 0.25) is 29.5 Å². The molecule has 0 aliphatic carbocycles. The summed E-state index contributed by atoms with van der Waals surface area (Å²) < 4.78 is 28.7. The first kappa shape index (κ1) is 77.7. The molecule has 8 amide bonds. The first-order valence-corrected chi connectivity index (χ1v) is 33.8. The number of aliphatic hydroxyl groups excluding tert-OH is 8. The monoisotopic (exact) mass is 1410 g/mol. The predicted octanol–water partition coefficient (Wildman–Crippen LogP) is -7.70. The molecular formula is C55H84N17O21S3+. The quantitative estimate of drug-likeness (QED) is 0.0150. The number of aromatic amines is 1. The van der Waals surface area contributed by atoms with Crippen molar-refractivity contribution < 1.29 is 103 Å². The summed E-state index contributed by atoms with van der Waals surface area (Å²) in [5.41, 5.74) is 28.1. The van der Waals surface area contributed by atoms with Crippen molar-refractivity contribution in [2.24, 2.45) is 28.9 Å². The van der Waals surface area contributed by atoms with E-state index in [1.54, 1.807) is 10.8 Å². The highest BCUT2D eigenvalue weighted by atomic mass is 32.2. The minimum absolute atomic E-state index is 0.00498. The van der Waals surface area contributed by atoms with Gasteiger partial charge in [0.1, 0.15) is 100 Å². The lowest BCUT2D eigenvalue weighted by molar-refractivity contribution is -0.372. The number of ether oxygens (including phenoxy) is 5. The number of H-pyrrole nitrogens is 1. The molecule has 0 saturated carbocycles. The number of nitrogens with zero attached hydrogens (tertiary/aromatic N) is 5. The van der Waals surface area contributed by atoms with Crippen LogP contribution in [0.2, 0.25) is 0 Å². The number of aliphatic hydroxyl groups is 8. The van der Waals surface area contributed by atoms with Gasteiger partial charge in [-0.1, -0.05) is 6.92 Å². The number of anilines is 1. The zero-order valence-corrected chi connectivity index (χ0v) is 55.3. The van der Waals surface area contributed by atoms with E-state index in [0.717, 1.165) is 24.7 Å². The molecule has 0 spiro atoms. The van der Waals surface area contributed by atoms with Gasteiger partial charge in [0.05, 0.1) is 85.2 Å². The van der Waals surface area contributed by atoms with Gasteiger partial charge in [-0.2, -0.15) is 0 Å². The number of hydrogen-bond donors (Lipinski definition) is 20. The molecule has 25 N–H and O–H groups in total. The SMILES string of the molecule is Cc1c(N)nc([C@H](CC(N)=O)NCC(N)C(N)=O)nc1C(=O)N[C@H](C(=O)NC(C)C(O)[C@H](C)C(=O)N[C@H](C(=O)NCCc1nc(-c2nc(C(=O)NCCC[S+](C)C)cs2)cs1)[C@@H](C)O)[C@@H](O[C@@H]1O[C@@H](CO)[C@@H](O)[C@H](O)[C@@H]1O[C@H]1O[C@H](CO)[C@@H](O)[C@H](OC(N)=O)[C@@H]1O)c1cnc[nH]1. The van der Waals surface area contributed by atoms with E-state index in [4.69, 9.17) is 52.4 Å². The first-order chi connectivity index (χ1) is 45.3. The van der Waals surface area contributed by atoms with E-state index in [1.165, 1.54) is 50.4 Å². The Morgan fingerprint density at radius 3 is 2.09 bits per heavy atom. The van der Waals surface area contributed by atoms with Crippen LogP contribution in [0.15, 0.2) is 23.3 Å². The summed E-state index contributed by atoms with van der Waals surface area (Å²) in [5, 5.41) is 108.